The minimum Gasteiger partial charge on any atom is -0.385 e. The Labute approximate surface area is 310 Å². The highest BCUT2D eigenvalue weighted by atomic mass is 19.1. The third kappa shape index (κ3) is 6.10. The fraction of sp³-hybridized carbons (Fsp3) is 0.325. The normalized spacial score (nSPS) is 20.6. The van der Waals surface area contributed by atoms with Crippen LogP contribution in [0.5, 0.6) is 0 Å². The molecule has 4 aliphatic heterocycles. The first-order valence-corrected chi connectivity index (χ1v) is 18.5. The summed E-state index contributed by atoms with van der Waals surface area (Å²) in [5, 5.41) is 10.7. The van der Waals surface area contributed by atoms with Gasteiger partial charge in [-0.1, -0.05) is 18.2 Å². The smallest absolute Gasteiger partial charge is 0.262 e. The van der Waals surface area contributed by atoms with Crippen LogP contribution >= 0.6 is 0 Å². The molecule has 2 aromatic carbocycles. The Morgan fingerprint density at radius 1 is 0.815 bits per heavy atom. The van der Waals surface area contributed by atoms with E-state index in [1.807, 2.05) is 40.9 Å². The molecule has 3 aromatic heterocycles. The topological polar surface area (TPSA) is 145 Å². The second kappa shape index (κ2) is 13.7. The van der Waals surface area contributed by atoms with Gasteiger partial charge in [0.2, 0.25) is 11.8 Å². The average Bonchev–Trinajstić information content (AvgIpc) is 3.91. The number of hydrogen-bond acceptors (Lipinski definition) is 10. The fourth-order valence-electron chi connectivity index (χ4n) is 8.24. The summed E-state index contributed by atoms with van der Waals surface area (Å²) < 4.78 is 15.9. The second-order valence-electron chi connectivity index (χ2n) is 14.4. The van der Waals surface area contributed by atoms with Crippen LogP contribution in [0, 0.1) is 11.7 Å². The molecule has 0 spiro atoms. The van der Waals surface area contributed by atoms with Gasteiger partial charge in [0.1, 0.15) is 29.2 Å². The third-order valence-electron chi connectivity index (χ3n) is 11.1. The number of imidazole rings is 1. The average molecular weight is 728 g/mol. The number of hydrogen-bond donors (Lipinski definition) is 2. The van der Waals surface area contributed by atoms with Gasteiger partial charge in [-0.15, -0.1) is 5.10 Å². The van der Waals surface area contributed by atoms with Gasteiger partial charge in [0.15, 0.2) is 5.65 Å². The maximum absolute atomic E-state index is 14.1. The maximum atomic E-state index is 14.1. The Hall–Kier alpha value is -6.18. The van der Waals surface area contributed by atoms with Gasteiger partial charge in [-0.05, 0) is 98.2 Å². The van der Waals surface area contributed by atoms with E-state index in [9.17, 15) is 23.6 Å². The molecule has 0 saturated carbocycles. The van der Waals surface area contributed by atoms with Crippen LogP contribution in [0.25, 0.3) is 17.0 Å². The first-order chi connectivity index (χ1) is 26.3. The number of piperidine rings is 2. The zero-order valence-electron chi connectivity index (χ0n) is 29.5. The standard InChI is InChI=1S/C40H38FN9O4/c41-26-5-1-4-25(20-26)31-7-3-17-48(31)36-13-12-34-43-23-33(50(34)46-36)30-6-2-8-35(44-30)47-18-15-24(16-19-47)22-42-27-9-10-28-29(21-27)40(54)49(39(28)53)32-11-14-37(51)45-38(32)52/h1-2,4-6,8-10,12-13,20-21,23-24,31-32,42H,3,7,11,14-19,22H2,(H,45,51,52). The Balaban J connectivity index is 0.842. The molecule has 274 valence electrons. The highest BCUT2D eigenvalue weighted by Crippen LogP contribution is 2.36. The van der Waals surface area contributed by atoms with E-state index in [1.54, 1.807) is 36.5 Å². The zero-order valence-corrected chi connectivity index (χ0v) is 29.5. The van der Waals surface area contributed by atoms with E-state index in [0.29, 0.717) is 12.5 Å². The quantitative estimate of drug-likeness (QED) is 0.210. The number of pyridine rings is 1. The highest BCUT2D eigenvalue weighted by Gasteiger charge is 2.44. The molecule has 3 saturated heterocycles. The highest BCUT2D eigenvalue weighted by molar-refractivity contribution is 6.23. The van der Waals surface area contributed by atoms with E-state index in [0.717, 1.165) is 90.1 Å². The molecule has 2 atom stereocenters. The van der Waals surface area contributed by atoms with Gasteiger partial charge in [-0.25, -0.2) is 18.9 Å². The van der Waals surface area contributed by atoms with Crippen molar-refractivity contribution in [3.63, 3.8) is 0 Å². The van der Waals surface area contributed by atoms with Crippen LogP contribution in [0.2, 0.25) is 0 Å². The van der Waals surface area contributed by atoms with E-state index < -0.39 is 29.7 Å². The molecule has 4 aliphatic rings. The van der Waals surface area contributed by atoms with Crippen molar-refractivity contribution in [2.45, 2.75) is 50.6 Å². The summed E-state index contributed by atoms with van der Waals surface area (Å²) in [6.07, 6.45) is 5.81. The van der Waals surface area contributed by atoms with Gasteiger partial charge in [-0.3, -0.25) is 29.4 Å². The lowest BCUT2D eigenvalue weighted by Gasteiger charge is -2.33. The van der Waals surface area contributed by atoms with Crippen molar-refractivity contribution in [2.24, 2.45) is 5.92 Å². The zero-order chi connectivity index (χ0) is 36.9. The minimum absolute atomic E-state index is 0.0540. The number of amides is 4. The van der Waals surface area contributed by atoms with Crippen LogP contribution in [0.1, 0.15) is 70.8 Å². The first kappa shape index (κ1) is 33.6. The van der Waals surface area contributed by atoms with Crippen LogP contribution in [0.3, 0.4) is 0 Å². The first-order valence-electron chi connectivity index (χ1n) is 18.5. The molecular weight excluding hydrogens is 689 g/mol. The molecule has 4 amide bonds. The summed E-state index contributed by atoms with van der Waals surface area (Å²) in [6.45, 7) is 3.19. The van der Waals surface area contributed by atoms with E-state index in [2.05, 4.69) is 25.4 Å². The van der Waals surface area contributed by atoms with Crippen molar-refractivity contribution in [2.75, 3.05) is 41.3 Å². The molecule has 0 bridgehead atoms. The SMILES string of the molecule is O=C1CCC(N2C(=O)c3ccc(NCC4CCN(c5cccc(-c6cnc7ccc(N8CCCC8c8cccc(F)c8)nn67)n5)CC4)cc3C2=O)C(=O)N1. The van der Waals surface area contributed by atoms with Gasteiger partial charge in [0.05, 0.1) is 29.1 Å². The molecule has 5 aromatic rings. The monoisotopic (exact) mass is 727 g/mol. The van der Waals surface area contributed by atoms with Crippen LogP contribution < -0.4 is 20.4 Å². The van der Waals surface area contributed by atoms with E-state index in [-0.39, 0.29) is 35.8 Å². The van der Waals surface area contributed by atoms with Crippen LogP contribution in [-0.4, -0.2) is 80.3 Å². The number of carbonyl (C=O) groups is 4. The van der Waals surface area contributed by atoms with Crippen LogP contribution in [-0.2, 0) is 9.59 Å². The van der Waals surface area contributed by atoms with Gasteiger partial charge in [0.25, 0.3) is 11.8 Å². The number of nitrogens with zero attached hydrogens (tertiary/aromatic N) is 7. The van der Waals surface area contributed by atoms with Crippen molar-refractivity contribution < 1.29 is 23.6 Å². The second-order valence-corrected chi connectivity index (χ2v) is 14.4. The lowest BCUT2D eigenvalue weighted by Crippen LogP contribution is -2.54. The lowest BCUT2D eigenvalue weighted by molar-refractivity contribution is -0.136. The molecule has 13 nitrogen and oxygen atoms in total. The minimum atomic E-state index is -0.988. The number of rotatable bonds is 8. The number of carbonyl (C=O) groups excluding carboxylic acids is 4. The van der Waals surface area contributed by atoms with Crippen molar-refractivity contribution in [3.8, 4) is 11.4 Å². The van der Waals surface area contributed by atoms with Crippen molar-refractivity contribution in [1.29, 1.82) is 0 Å². The molecule has 7 heterocycles. The summed E-state index contributed by atoms with van der Waals surface area (Å²) >= 11 is 0. The maximum Gasteiger partial charge on any atom is 0.262 e. The van der Waals surface area contributed by atoms with Crippen molar-refractivity contribution in [3.05, 3.63) is 102 Å². The molecule has 9 rings (SSSR count). The lowest BCUT2D eigenvalue weighted by atomic mass is 9.96. The van der Waals surface area contributed by atoms with Crippen molar-refractivity contribution >= 4 is 46.6 Å². The summed E-state index contributed by atoms with van der Waals surface area (Å²) in [5.41, 5.74) is 4.50. The van der Waals surface area contributed by atoms with Gasteiger partial charge in [-0.2, -0.15) is 0 Å². The van der Waals surface area contributed by atoms with Gasteiger partial charge in [0, 0.05) is 38.3 Å². The van der Waals surface area contributed by atoms with Gasteiger partial charge < -0.3 is 15.1 Å². The molecule has 3 fully saturated rings. The van der Waals surface area contributed by atoms with Gasteiger partial charge >= 0.3 is 0 Å². The Bertz CT molecular complexity index is 2320. The molecule has 2 unspecified atom stereocenters. The number of nitrogens with one attached hydrogen (secondary N) is 2. The van der Waals surface area contributed by atoms with E-state index >= 15 is 0 Å². The largest absolute Gasteiger partial charge is 0.385 e. The number of aromatic nitrogens is 4. The third-order valence-corrected chi connectivity index (χ3v) is 11.1. The predicted octanol–water partition coefficient (Wildman–Crippen LogP) is 5.00. The molecule has 14 heteroatoms. The number of imide groups is 2. The van der Waals surface area contributed by atoms with Crippen LogP contribution in [0.4, 0.5) is 21.7 Å². The molecule has 0 radical (unpaired) electrons. The number of anilines is 3. The number of halogens is 1. The number of fused-ring (bicyclic) bond motifs is 2. The van der Waals surface area contributed by atoms with E-state index in [4.69, 9.17) is 10.1 Å². The van der Waals surface area contributed by atoms with E-state index in [1.165, 1.54) is 6.07 Å². The predicted molar refractivity (Wildman–Crippen MR) is 198 cm³/mol. The molecule has 0 aliphatic carbocycles. The molecule has 54 heavy (non-hydrogen) atoms. The summed E-state index contributed by atoms with van der Waals surface area (Å²) in [4.78, 5) is 65.5. The summed E-state index contributed by atoms with van der Waals surface area (Å²) in [6, 6.07) is 20.9. The summed E-state index contributed by atoms with van der Waals surface area (Å²) in [5.74, 6) is -0.196. The Morgan fingerprint density at radius 2 is 1.65 bits per heavy atom. The molecule has 2 N–H and O–H groups in total. The van der Waals surface area contributed by atoms with Crippen molar-refractivity contribution in [1.82, 2.24) is 29.8 Å². The van der Waals surface area contributed by atoms with Crippen LogP contribution in [0.15, 0.2) is 79.0 Å². The Morgan fingerprint density at radius 3 is 2.48 bits per heavy atom. The summed E-state index contributed by atoms with van der Waals surface area (Å²) in [7, 11) is 0. The fourth-order valence-corrected chi connectivity index (χ4v) is 8.24. The Kier molecular flexibility index (Phi) is 8.51. The number of benzene rings is 2. The molecular formula is C40H38FN9O4.